The number of hydrogen-bond acceptors (Lipinski definition) is 2. The molecule has 0 unspecified atom stereocenters. The lowest BCUT2D eigenvalue weighted by Gasteiger charge is -2.09. The maximum atomic E-state index is 6.07. The fraction of sp³-hybridized carbons (Fsp3) is 0.200. The minimum Gasteiger partial charge on any atom is -0.489 e. The van der Waals surface area contributed by atoms with Crippen molar-refractivity contribution < 1.29 is 4.74 Å². The van der Waals surface area contributed by atoms with Crippen LogP contribution in [-0.2, 0) is 13.0 Å². The van der Waals surface area contributed by atoms with Gasteiger partial charge < -0.3 is 10.5 Å². The minimum atomic E-state index is 0.478. The zero-order chi connectivity index (χ0) is 12.8. The number of rotatable bonds is 5. The highest BCUT2D eigenvalue weighted by atomic mass is 35.5. The molecular formula is C15H16ClNO. The van der Waals surface area contributed by atoms with Crippen LogP contribution in [0.3, 0.4) is 0 Å². The maximum Gasteiger partial charge on any atom is 0.120 e. The zero-order valence-electron chi connectivity index (χ0n) is 10.1. The van der Waals surface area contributed by atoms with Gasteiger partial charge in [-0.3, -0.25) is 0 Å². The number of benzene rings is 2. The normalized spacial score (nSPS) is 10.3. The topological polar surface area (TPSA) is 35.2 Å². The van der Waals surface area contributed by atoms with Crippen molar-refractivity contribution in [2.24, 2.45) is 5.73 Å². The Bertz CT molecular complexity index is 513. The van der Waals surface area contributed by atoms with Crippen LogP contribution in [-0.4, -0.2) is 6.54 Å². The SMILES string of the molecule is NCCc1cccc(OCc2ccccc2Cl)c1. The second-order valence-electron chi connectivity index (χ2n) is 4.07. The Labute approximate surface area is 112 Å². The first-order valence-electron chi connectivity index (χ1n) is 5.95. The molecule has 0 aromatic heterocycles. The quantitative estimate of drug-likeness (QED) is 0.895. The highest BCUT2D eigenvalue weighted by Gasteiger charge is 2.01. The highest BCUT2D eigenvalue weighted by Crippen LogP contribution is 2.19. The molecule has 0 fully saturated rings. The van der Waals surface area contributed by atoms with Gasteiger partial charge in [0.2, 0.25) is 0 Å². The van der Waals surface area contributed by atoms with Gasteiger partial charge in [0, 0.05) is 10.6 Å². The van der Waals surface area contributed by atoms with Crippen LogP contribution in [0.4, 0.5) is 0 Å². The van der Waals surface area contributed by atoms with E-state index in [1.54, 1.807) is 0 Å². The summed E-state index contributed by atoms with van der Waals surface area (Å²) < 4.78 is 5.73. The van der Waals surface area contributed by atoms with Gasteiger partial charge in [0.05, 0.1) is 0 Å². The molecule has 0 heterocycles. The van der Waals surface area contributed by atoms with Gasteiger partial charge in [0.15, 0.2) is 0 Å². The third-order valence-corrected chi connectivity index (χ3v) is 3.05. The molecule has 94 valence electrons. The fourth-order valence-corrected chi connectivity index (χ4v) is 1.92. The molecule has 0 aliphatic heterocycles. The second-order valence-corrected chi connectivity index (χ2v) is 4.47. The molecule has 0 saturated heterocycles. The molecule has 2 N–H and O–H groups in total. The van der Waals surface area contributed by atoms with Crippen molar-refractivity contribution >= 4 is 11.6 Å². The average Bonchev–Trinajstić information content (AvgIpc) is 2.39. The monoisotopic (exact) mass is 261 g/mol. The van der Waals surface area contributed by atoms with E-state index in [1.807, 2.05) is 42.5 Å². The highest BCUT2D eigenvalue weighted by molar-refractivity contribution is 6.31. The Morgan fingerprint density at radius 3 is 2.67 bits per heavy atom. The van der Waals surface area contributed by atoms with E-state index in [2.05, 4.69) is 6.07 Å². The van der Waals surface area contributed by atoms with Crippen LogP contribution in [0.5, 0.6) is 5.75 Å². The van der Waals surface area contributed by atoms with Gasteiger partial charge >= 0.3 is 0 Å². The van der Waals surface area contributed by atoms with Crippen LogP contribution in [0.2, 0.25) is 5.02 Å². The Morgan fingerprint density at radius 2 is 1.89 bits per heavy atom. The molecule has 0 amide bonds. The molecule has 0 aliphatic carbocycles. The molecule has 0 atom stereocenters. The van der Waals surface area contributed by atoms with Gasteiger partial charge in [0.25, 0.3) is 0 Å². The molecular weight excluding hydrogens is 246 g/mol. The van der Waals surface area contributed by atoms with Crippen molar-refractivity contribution in [3.8, 4) is 5.75 Å². The summed E-state index contributed by atoms with van der Waals surface area (Å²) in [5.41, 5.74) is 7.72. The van der Waals surface area contributed by atoms with E-state index in [4.69, 9.17) is 22.1 Å². The van der Waals surface area contributed by atoms with Crippen LogP contribution in [0.15, 0.2) is 48.5 Å². The summed E-state index contributed by atoms with van der Waals surface area (Å²) >= 11 is 6.07. The van der Waals surface area contributed by atoms with Gasteiger partial charge in [-0.15, -0.1) is 0 Å². The van der Waals surface area contributed by atoms with Crippen LogP contribution in [0.1, 0.15) is 11.1 Å². The first-order valence-corrected chi connectivity index (χ1v) is 6.32. The molecule has 3 heteroatoms. The van der Waals surface area contributed by atoms with E-state index in [1.165, 1.54) is 5.56 Å². The van der Waals surface area contributed by atoms with Crippen molar-refractivity contribution in [3.63, 3.8) is 0 Å². The third-order valence-electron chi connectivity index (χ3n) is 2.68. The second kappa shape index (κ2) is 6.43. The molecule has 2 aromatic carbocycles. The summed E-state index contributed by atoms with van der Waals surface area (Å²) in [6, 6.07) is 15.7. The zero-order valence-corrected chi connectivity index (χ0v) is 10.9. The molecule has 0 aliphatic rings. The van der Waals surface area contributed by atoms with Gasteiger partial charge in [0.1, 0.15) is 12.4 Å². The van der Waals surface area contributed by atoms with E-state index < -0.39 is 0 Å². The van der Waals surface area contributed by atoms with E-state index >= 15 is 0 Å². The number of nitrogens with two attached hydrogens (primary N) is 1. The summed E-state index contributed by atoms with van der Waals surface area (Å²) in [6.07, 6.45) is 0.864. The average molecular weight is 262 g/mol. The summed E-state index contributed by atoms with van der Waals surface area (Å²) in [6.45, 7) is 1.12. The van der Waals surface area contributed by atoms with E-state index in [-0.39, 0.29) is 0 Å². The molecule has 0 spiro atoms. The van der Waals surface area contributed by atoms with E-state index in [9.17, 15) is 0 Å². The third kappa shape index (κ3) is 3.49. The van der Waals surface area contributed by atoms with Gasteiger partial charge in [-0.25, -0.2) is 0 Å². The Hall–Kier alpha value is -1.51. The van der Waals surface area contributed by atoms with Crippen molar-refractivity contribution in [1.29, 1.82) is 0 Å². The summed E-state index contributed by atoms with van der Waals surface area (Å²) in [5, 5.41) is 0.732. The van der Waals surface area contributed by atoms with E-state index in [0.29, 0.717) is 13.2 Å². The standard InChI is InChI=1S/C15H16ClNO/c16-15-7-2-1-5-13(15)11-18-14-6-3-4-12(10-14)8-9-17/h1-7,10H,8-9,11,17H2. The smallest absolute Gasteiger partial charge is 0.120 e. The van der Waals surface area contributed by atoms with Crippen molar-refractivity contribution in [1.82, 2.24) is 0 Å². The van der Waals surface area contributed by atoms with Crippen LogP contribution >= 0.6 is 11.6 Å². The van der Waals surface area contributed by atoms with Crippen LogP contribution in [0.25, 0.3) is 0 Å². The Kier molecular flexibility index (Phi) is 4.62. The van der Waals surface area contributed by atoms with Gasteiger partial charge in [-0.05, 0) is 36.7 Å². The summed E-state index contributed by atoms with van der Waals surface area (Å²) in [4.78, 5) is 0. The van der Waals surface area contributed by atoms with Gasteiger partial charge in [-0.2, -0.15) is 0 Å². The molecule has 2 nitrogen and oxygen atoms in total. The lowest BCUT2D eigenvalue weighted by Crippen LogP contribution is -2.03. The molecule has 18 heavy (non-hydrogen) atoms. The van der Waals surface area contributed by atoms with Crippen molar-refractivity contribution in [3.05, 3.63) is 64.7 Å². The lowest BCUT2D eigenvalue weighted by atomic mass is 10.1. The van der Waals surface area contributed by atoms with Crippen molar-refractivity contribution in [2.75, 3.05) is 6.54 Å². The predicted molar refractivity (Wildman–Crippen MR) is 75.0 cm³/mol. The first kappa shape index (κ1) is 12.9. The first-order chi connectivity index (χ1) is 8.79. The van der Waals surface area contributed by atoms with E-state index in [0.717, 1.165) is 22.8 Å². The van der Waals surface area contributed by atoms with Crippen LogP contribution in [0, 0.1) is 0 Å². The number of hydrogen-bond donors (Lipinski definition) is 1. The fourth-order valence-electron chi connectivity index (χ4n) is 1.73. The van der Waals surface area contributed by atoms with Crippen molar-refractivity contribution in [2.45, 2.75) is 13.0 Å². The molecule has 2 rings (SSSR count). The van der Waals surface area contributed by atoms with Crippen LogP contribution < -0.4 is 10.5 Å². The minimum absolute atomic E-state index is 0.478. The lowest BCUT2D eigenvalue weighted by molar-refractivity contribution is 0.306. The predicted octanol–water partition coefficient (Wildman–Crippen LogP) is 3.42. The molecule has 0 radical (unpaired) electrons. The van der Waals surface area contributed by atoms with Gasteiger partial charge in [-0.1, -0.05) is 41.9 Å². The Morgan fingerprint density at radius 1 is 1.06 bits per heavy atom. The summed E-state index contributed by atoms with van der Waals surface area (Å²) in [5.74, 6) is 0.848. The number of halogens is 1. The molecule has 0 bridgehead atoms. The molecule has 0 saturated carbocycles. The molecule has 2 aromatic rings. The summed E-state index contributed by atoms with van der Waals surface area (Å²) in [7, 11) is 0. The largest absolute Gasteiger partial charge is 0.489 e. The maximum absolute atomic E-state index is 6.07. The number of ether oxygens (including phenoxy) is 1. The Balaban J connectivity index is 2.02.